The zero-order valence-corrected chi connectivity index (χ0v) is 14.6. The van der Waals surface area contributed by atoms with Crippen molar-refractivity contribution in [3.8, 4) is 5.75 Å². The van der Waals surface area contributed by atoms with Crippen LogP contribution in [0, 0.1) is 6.92 Å². The summed E-state index contributed by atoms with van der Waals surface area (Å²) < 4.78 is 33.2. The van der Waals surface area contributed by atoms with E-state index < -0.39 is 10.0 Å². The predicted octanol–water partition coefficient (Wildman–Crippen LogP) is 3.82. The van der Waals surface area contributed by atoms with Crippen LogP contribution in [-0.2, 0) is 10.0 Å². The number of aryl methyl sites for hydroxylation is 1. The van der Waals surface area contributed by atoms with Crippen molar-refractivity contribution in [3.05, 3.63) is 59.7 Å². The molecule has 1 N–H and O–H groups in total. The fourth-order valence-electron chi connectivity index (χ4n) is 2.32. The van der Waals surface area contributed by atoms with Gasteiger partial charge in [-0.05, 0) is 50.1 Å². The molecule has 0 unspecified atom stereocenters. The fraction of sp³-hybridized carbons (Fsp3) is 0.333. The highest BCUT2D eigenvalue weighted by Gasteiger charge is 2.20. The Hall–Kier alpha value is -1.85. The summed E-state index contributed by atoms with van der Waals surface area (Å²) in [6.45, 7) is 6.41. The molecule has 4 nitrogen and oxygen atoms in total. The van der Waals surface area contributed by atoms with Crippen LogP contribution in [-0.4, -0.2) is 15.0 Å². The molecule has 0 saturated heterocycles. The first kappa shape index (κ1) is 17.5. The standard InChI is InChI=1S/C18H23NO3S/c1-4-18(15-8-6-14(3)7-9-15)19-23(20,21)17-12-10-16(11-13-17)22-5-2/h6-13,18-19H,4-5H2,1-3H3/t18-/m1/s1. The summed E-state index contributed by atoms with van der Waals surface area (Å²) in [6.07, 6.45) is 0.680. The first-order valence-corrected chi connectivity index (χ1v) is 9.26. The summed E-state index contributed by atoms with van der Waals surface area (Å²) in [7, 11) is -3.57. The molecule has 0 spiro atoms. The van der Waals surface area contributed by atoms with Crippen LogP contribution in [0.25, 0.3) is 0 Å². The van der Waals surface area contributed by atoms with E-state index in [0.29, 0.717) is 18.8 Å². The van der Waals surface area contributed by atoms with Gasteiger partial charge in [-0.1, -0.05) is 36.8 Å². The highest BCUT2D eigenvalue weighted by molar-refractivity contribution is 7.89. The lowest BCUT2D eigenvalue weighted by Crippen LogP contribution is -2.28. The van der Waals surface area contributed by atoms with E-state index in [9.17, 15) is 8.42 Å². The molecule has 0 aliphatic rings. The Bertz CT molecular complexity index is 722. The molecule has 0 aromatic heterocycles. The van der Waals surface area contributed by atoms with Gasteiger partial charge in [-0.15, -0.1) is 0 Å². The summed E-state index contributed by atoms with van der Waals surface area (Å²) in [5, 5.41) is 0. The summed E-state index contributed by atoms with van der Waals surface area (Å²) in [5.41, 5.74) is 2.12. The maximum Gasteiger partial charge on any atom is 0.241 e. The molecule has 2 rings (SSSR count). The van der Waals surface area contributed by atoms with Crippen LogP contribution in [0.1, 0.15) is 37.4 Å². The topological polar surface area (TPSA) is 55.4 Å². The summed E-state index contributed by atoms with van der Waals surface area (Å²) >= 11 is 0. The third-order valence-electron chi connectivity index (χ3n) is 3.63. The Balaban J connectivity index is 2.19. The first-order valence-electron chi connectivity index (χ1n) is 7.78. The highest BCUT2D eigenvalue weighted by Crippen LogP contribution is 2.22. The van der Waals surface area contributed by atoms with E-state index in [1.807, 2.05) is 45.0 Å². The van der Waals surface area contributed by atoms with Crippen LogP contribution in [0.3, 0.4) is 0 Å². The Morgan fingerprint density at radius 1 is 1.00 bits per heavy atom. The largest absolute Gasteiger partial charge is 0.494 e. The van der Waals surface area contributed by atoms with Crippen LogP contribution in [0.15, 0.2) is 53.4 Å². The number of benzene rings is 2. The lowest BCUT2D eigenvalue weighted by atomic mass is 10.0. The Morgan fingerprint density at radius 3 is 2.13 bits per heavy atom. The number of sulfonamides is 1. The van der Waals surface area contributed by atoms with Crippen LogP contribution in [0.5, 0.6) is 5.75 Å². The quantitative estimate of drug-likeness (QED) is 0.838. The number of ether oxygens (including phenoxy) is 1. The van der Waals surface area contributed by atoms with Gasteiger partial charge in [-0.2, -0.15) is 0 Å². The first-order chi connectivity index (χ1) is 11.0. The van der Waals surface area contributed by atoms with Crippen LogP contribution >= 0.6 is 0 Å². The molecule has 0 aliphatic carbocycles. The molecule has 124 valence electrons. The van der Waals surface area contributed by atoms with E-state index in [4.69, 9.17) is 4.74 Å². The van der Waals surface area contributed by atoms with Crippen molar-refractivity contribution < 1.29 is 13.2 Å². The lowest BCUT2D eigenvalue weighted by molar-refractivity contribution is 0.340. The van der Waals surface area contributed by atoms with Crippen molar-refractivity contribution in [2.24, 2.45) is 0 Å². The average Bonchev–Trinajstić information content (AvgIpc) is 2.54. The van der Waals surface area contributed by atoms with E-state index in [1.54, 1.807) is 24.3 Å². The van der Waals surface area contributed by atoms with Gasteiger partial charge in [-0.3, -0.25) is 0 Å². The third-order valence-corrected chi connectivity index (χ3v) is 5.12. The molecular formula is C18H23NO3S. The Labute approximate surface area is 138 Å². The van der Waals surface area contributed by atoms with Gasteiger partial charge in [0.25, 0.3) is 0 Å². The Kier molecular flexibility index (Phi) is 5.80. The van der Waals surface area contributed by atoms with Crippen molar-refractivity contribution >= 4 is 10.0 Å². The number of rotatable bonds is 7. The van der Waals surface area contributed by atoms with Crippen LogP contribution < -0.4 is 9.46 Å². The van der Waals surface area contributed by atoms with E-state index in [1.165, 1.54) is 0 Å². The van der Waals surface area contributed by atoms with E-state index in [0.717, 1.165) is 11.1 Å². The van der Waals surface area contributed by atoms with Gasteiger partial charge in [0.2, 0.25) is 10.0 Å². The molecule has 1 atom stereocenters. The number of nitrogens with one attached hydrogen (secondary N) is 1. The molecule has 0 bridgehead atoms. The number of hydrogen-bond acceptors (Lipinski definition) is 3. The molecule has 0 radical (unpaired) electrons. The van der Waals surface area contributed by atoms with Crippen molar-refractivity contribution in [2.75, 3.05) is 6.61 Å². The van der Waals surface area contributed by atoms with Gasteiger partial charge < -0.3 is 4.74 Å². The van der Waals surface area contributed by atoms with Gasteiger partial charge in [0.05, 0.1) is 11.5 Å². The molecule has 0 fully saturated rings. The maximum atomic E-state index is 12.6. The lowest BCUT2D eigenvalue weighted by Gasteiger charge is -2.18. The SMILES string of the molecule is CCOc1ccc(S(=O)(=O)N[C@H](CC)c2ccc(C)cc2)cc1. The normalized spacial score (nSPS) is 12.8. The summed E-state index contributed by atoms with van der Waals surface area (Å²) in [5.74, 6) is 0.664. The molecule has 2 aromatic carbocycles. The van der Waals surface area contributed by atoms with E-state index in [2.05, 4.69) is 4.72 Å². The third kappa shape index (κ3) is 4.56. The second kappa shape index (κ2) is 7.62. The molecule has 0 heterocycles. The van der Waals surface area contributed by atoms with Gasteiger partial charge in [0.1, 0.15) is 5.75 Å². The second-order valence-corrected chi connectivity index (χ2v) is 7.11. The molecule has 23 heavy (non-hydrogen) atoms. The van der Waals surface area contributed by atoms with E-state index >= 15 is 0 Å². The minimum atomic E-state index is -3.57. The van der Waals surface area contributed by atoms with Gasteiger partial charge in [0.15, 0.2) is 0 Å². The van der Waals surface area contributed by atoms with Gasteiger partial charge in [-0.25, -0.2) is 13.1 Å². The van der Waals surface area contributed by atoms with Crippen molar-refractivity contribution in [1.82, 2.24) is 4.72 Å². The number of hydrogen-bond donors (Lipinski definition) is 1. The van der Waals surface area contributed by atoms with Gasteiger partial charge in [0, 0.05) is 6.04 Å². The zero-order chi connectivity index (χ0) is 16.9. The molecule has 0 saturated carbocycles. The molecular weight excluding hydrogens is 310 g/mol. The smallest absolute Gasteiger partial charge is 0.241 e. The zero-order valence-electron chi connectivity index (χ0n) is 13.7. The van der Waals surface area contributed by atoms with Crippen molar-refractivity contribution in [1.29, 1.82) is 0 Å². The highest BCUT2D eigenvalue weighted by atomic mass is 32.2. The van der Waals surface area contributed by atoms with Crippen LogP contribution in [0.2, 0.25) is 0 Å². The van der Waals surface area contributed by atoms with Crippen molar-refractivity contribution in [3.63, 3.8) is 0 Å². The predicted molar refractivity (Wildman–Crippen MR) is 92.1 cm³/mol. The summed E-state index contributed by atoms with van der Waals surface area (Å²) in [4.78, 5) is 0.242. The average molecular weight is 333 g/mol. The minimum absolute atomic E-state index is 0.242. The molecule has 2 aromatic rings. The molecule has 0 amide bonds. The molecule has 0 aliphatic heterocycles. The second-order valence-electron chi connectivity index (χ2n) is 5.40. The minimum Gasteiger partial charge on any atom is -0.494 e. The maximum absolute atomic E-state index is 12.6. The molecule has 5 heteroatoms. The fourth-order valence-corrected chi connectivity index (χ4v) is 3.63. The van der Waals surface area contributed by atoms with Crippen molar-refractivity contribution in [2.45, 2.75) is 38.1 Å². The van der Waals surface area contributed by atoms with Crippen LogP contribution in [0.4, 0.5) is 0 Å². The monoisotopic (exact) mass is 333 g/mol. The van der Waals surface area contributed by atoms with E-state index in [-0.39, 0.29) is 10.9 Å². The Morgan fingerprint density at radius 2 is 1.61 bits per heavy atom. The summed E-state index contributed by atoms with van der Waals surface area (Å²) in [6, 6.07) is 14.1. The van der Waals surface area contributed by atoms with Gasteiger partial charge >= 0.3 is 0 Å².